The van der Waals surface area contributed by atoms with Gasteiger partial charge in [-0.05, 0) is 54.9 Å². The Morgan fingerprint density at radius 3 is 2.61 bits per heavy atom. The summed E-state index contributed by atoms with van der Waals surface area (Å²) in [5.41, 5.74) is 3.27. The van der Waals surface area contributed by atoms with E-state index in [1.54, 1.807) is 6.26 Å². The highest BCUT2D eigenvalue weighted by Gasteiger charge is 2.55. The predicted molar refractivity (Wildman–Crippen MR) is 88.2 cm³/mol. The van der Waals surface area contributed by atoms with Gasteiger partial charge >= 0.3 is 0 Å². The average molecular weight is 312 g/mol. The minimum atomic E-state index is -0.373. The molecule has 2 atom stereocenters. The second kappa shape index (κ2) is 4.46. The largest absolute Gasteiger partial charge is 0.464 e. The average Bonchev–Trinajstić information content (AvgIpc) is 2.85. The van der Waals surface area contributed by atoms with Gasteiger partial charge < -0.3 is 4.42 Å². The van der Waals surface area contributed by atoms with Crippen molar-refractivity contribution < 1.29 is 14.0 Å². The molecule has 3 heteroatoms. The van der Waals surface area contributed by atoms with Gasteiger partial charge in [0, 0.05) is 11.1 Å². The Morgan fingerprint density at radius 1 is 1.13 bits per heavy atom. The second-order valence-corrected chi connectivity index (χ2v) is 8.49. The third-order valence-electron chi connectivity index (χ3n) is 6.69. The smallest absolute Gasteiger partial charge is 0.237 e. The lowest BCUT2D eigenvalue weighted by atomic mass is 9.49. The van der Waals surface area contributed by atoms with E-state index in [1.807, 2.05) is 6.92 Å². The Balaban J connectivity index is 1.98. The molecule has 1 heterocycles. The van der Waals surface area contributed by atoms with Gasteiger partial charge in [0.15, 0.2) is 0 Å². The van der Waals surface area contributed by atoms with Crippen LogP contribution in [0.1, 0.15) is 74.6 Å². The van der Waals surface area contributed by atoms with Crippen LogP contribution in [0.25, 0.3) is 5.57 Å². The minimum absolute atomic E-state index is 0.0647. The van der Waals surface area contributed by atoms with Crippen LogP contribution in [0.4, 0.5) is 0 Å². The number of furan rings is 1. The zero-order valence-electron chi connectivity index (χ0n) is 14.4. The number of fused-ring (bicyclic) bond motifs is 4. The van der Waals surface area contributed by atoms with E-state index < -0.39 is 0 Å². The molecule has 0 bridgehead atoms. The van der Waals surface area contributed by atoms with Gasteiger partial charge in [0.05, 0.1) is 11.8 Å². The van der Waals surface area contributed by atoms with Crippen LogP contribution in [-0.2, 0) is 4.79 Å². The molecule has 0 spiro atoms. The van der Waals surface area contributed by atoms with Crippen molar-refractivity contribution in [3.63, 3.8) is 0 Å². The fourth-order valence-corrected chi connectivity index (χ4v) is 5.67. The summed E-state index contributed by atoms with van der Waals surface area (Å²) in [7, 11) is 0. The van der Waals surface area contributed by atoms with Crippen molar-refractivity contribution in [2.45, 2.75) is 59.8 Å². The van der Waals surface area contributed by atoms with Crippen molar-refractivity contribution in [1.82, 2.24) is 0 Å². The number of ketones is 2. The number of aryl methyl sites for hydroxylation is 1. The van der Waals surface area contributed by atoms with Crippen molar-refractivity contribution in [3.8, 4) is 0 Å². The van der Waals surface area contributed by atoms with Crippen LogP contribution >= 0.6 is 0 Å². The summed E-state index contributed by atoms with van der Waals surface area (Å²) in [5.74, 6) is 0.552. The molecule has 3 aliphatic rings. The number of hydrogen-bond donors (Lipinski definition) is 0. The molecule has 1 fully saturated rings. The first kappa shape index (κ1) is 14.9. The molecule has 0 aromatic carbocycles. The molecular formula is C20H24O3. The van der Waals surface area contributed by atoms with Crippen LogP contribution in [0.2, 0.25) is 0 Å². The molecular weight excluding hydrogens is 288 g/mol. The lowest BCUT2D eigenvalue weighted by Gasteiger charge is -2.55. The molecule has 0 saturated heterocycles. The molecule has 23 heavy (non-hydrogen) atoms. The van der Waals surface area contributed by atoms with Gasteiger partial charge in [-0.1, -0.05) is 27.2 Å². The molecule has 1 aromatic heterocycles. The highest BCUT2D eigenvalue weighted by molar-refractivity contribution is 6.52. The first-order valence-corrected chi connectivity index (χ1v) is 8.68. The fourth-order valence-electron chi connectivity index (χ4n) is 5.67. The summed E-state index contributed by atoms with van der Waals surface area (Å²) in [4.78, 5) is 25.2. The summed E-state index contributed by atoms with van der Waals surface area (Å²) in [5, 5.41) is 0. The topological polar surface area (TPSA) is 47.3 Å². The summed E-state index contributed by atoms with van der Waals surface area (Å²) >= 11 is 0. The van der Waals surface area contributed by atoms with E-state index in [-0.39, 0.29) is 22.4 Å². The van der Waals surface area contributed by atoms with Crippen molar-refractivity contribution in [2.24, 2.45) is 16.7 Å². The monoisotopic (exact) mass is 312 g/mol. The number of hydrogen-bond acceptors (Lipinski definition) is 3. The number of carbonyl (C=O) groups excluding carboxylic acids is 2. The van der Waals surface area contributed by atoms with E-state index in [2.05, 4.69) is 20.8 Å². The van der Waals surface area contributed by atoms with Crippen molar-refractivity contribution in [2.75, 3.05) is 0 Å². The number of carbonyl (C=O) groups is 2. The van der Waals surface area contributed by atoms with E-state index in [9.17, 15) is 9.59 Å². The third-order valence-corrected chi connectivity index (χ3v) is 6.69. The van der Waals surface area contributed by atoms with Gasteiger partial charge in [0.25, 0.3) is 0 Å². The first-order valence-electron chi connectivity index (χ1n) is 8.68. The molecule has 3 nitrogen and oxygen atoms in total. The Kier molecular flexibility index (Phi) is 2.89. The molecule has 4 rings (SSSR count). The van der Waals surface area contributed by atoms with Gasteiger partial charge in [0.2, 0.25) is 11.6 Å². The van der Waals surface area contributed by atoms with Gasteiger partial charge in [-0.25, -0.2) is 0 Å². The van der Waals surface area contributed by atoms with Crippen molar-refractivity contribution >= 4 is 17.1 Å². The standard InChI is InChI=1S/C20H24O3/c1-11-10-23-18-14(11)17(22)16(21)12-6-7-13-19(2,3)8-5-9-20(13,4)15(12)18/h10,13H,5-9H2,1-4H3/t13-,20-/m1/s1. The SMILES string of the molecule is Cc1coc2c1C(=O)C(=O)C1=C2[C@]2(C)CCCC(C)(C)[C@H]2CC1. The van der Waals surface area contributed by atoms with E-state index in [0.29, 0.717) is 23.7 Å². The Labute approximate surface area is 137 Å². The van der Waals surface area contributed by atoms with E-state index in [0.717, 1.165) is 36.0 Å². The lowest BCUT2D eigenvalue weighted by Crippen LogP contribution is -2.47. The minimum Gasteiger partial charge on any atom is -0.464 e. The lowest BCUT2D eigenvalue weighted by molar-refractivity contribution is -0.112. The van der Waals surface area contributed by atoms with Gasteiger partial charge in [-0.3, -0.25) is 9.59 Å². The number of rotatable bonds is 0. The Hall–Kier alpha value is -1.64. The van der Waals surface area contributed by atoms with Gasteiger partial charge in [-0.2, -0.15) is 0 Å². The summed E-state index contributed by atoms with van der Waals surface area (Å²) in [6.07, 6.45) is 6.80. The molecule has 0 unspecified atom stereocenters. The summed E-state index contributed by atoms with van der Waals surface area (Å²) < 4.78 is 5.83. The molecule has 0 amide bonds. The van der Waals surface area contributed by atoms with Crippen LogP contribution in [0, 0.1) is 23.7 Å². The zero-order chi connectivity index (χ0) is 16.6. The Bertz CT molecular complexity index is 762. The summed E-state index contributed by atoms with van der Waals surface area (Å²) in [6, 6.07) is 0. The number of Topliss-reactive ketones (excluding diaryl/α,β-unsaturated/α-hetero) is 2. The van der Waals surface area contributed by atoms with Gasteiger partial charge in [0.1, 0.15) is 5.76 Å². The normalized spacial score (nSPS) is 32.4. The maximum atomic E-state index is 12.7. The molecule has 3 aliphatic carbocycles. The van der Waals surface area contributed by atoms with E-state index in [4.69, 9.17) is 4.42 Å². The summed E-state index contributed by atoms with van der Waals surface area (Å²) in [6.45, 7) is 8.85. The zero-order valence-corrected chi connectivity index (χ0v) is 14.4. The van der Waals surface area contributed by atoms with Crippen molar-refractivity contribution in [1.29, 1.82) is 0 Å². The first-order chi connectivity index (χ1) is 10.8. The molecule has 1 aromatic rings. The van der Waals surface area contributed by atoms with Crippen LogP contribution in [0.5, 0.6) is 0 Å². The second-order valence-electron chi connectivity index (χ2n) is 8.49. The maximum Gasteiger partial charge on any atom is 0.237 e. The molecule has 1 saturated carbocycles. The van der Waals surface area contributed by atoms with Gasteiger partial charge in [-0.15, -0.1) is 0 Å². The fraction of sp³-hybridized carbons (Fsp3) is 0.600. The molecule has 0 radical (unpaired) electrons. The maximum absolute atomic E-state index is 12.7. The predicted octanol–water partition coefficient (Wildman–Crippen LogP) is 4.73. The van der Waals surface area contributed by atoms with Crippen LogP contribution in [-0.4, -0.2) is 11.6 Å². The quantitative estimate of drug-likeness (QED) is 0.650. The van der Waals surface area contributed by atoms with Crippen LogP contribution < -0.4 is 0 Å². The Morgan fingerprint density at radius 2 is 1.87 bits per heavy atom. The van der Waals surface area contributed by atoms with E-state index in [1.165, 1.54) is 6.42 Å². The molecule has 122 valence electrons. The highest BCUT2D eigenvalue weighted by Crippen LogP contribution is 2.63. The highest BCUT2D eigenvalue weighted by atomic mass is 16.3. The number of allylic oxidation sites excluding steroid dienone is 2. The van der Waals surface area contributed by atoms with Crippen molar-refractivity contribution in [3.05, 3.63) is 28.7 Å². The van der Waals surface area contributed by atoms with Crippen LogP contribution in [0.3, 0.4) is 0 Å². The van der Waals surface area contributed by atoms with Crippen LogP contribution in [0.15, 0.2) is 16.3 Å². The third kappa shape index (κ3) is 1.76. The molecule has 0 aliphatic heterocycles. The molecule has 0 N–H and O–H groups in total. The van der Waals surface area contributed by atoms with E-state index >= 15 is 0 Å².